The number of hydrogen-bond donors (Lipinski definition) is 1. The van der Waals surface area contributed by atoms with Crippen molar-refractivity contribution in [3.63, 3.8) is 0 Å². The van der Waals surface area contributed by atoms with E-state index in [1.807, 2.05) is 97.9 Å². The van der Waals surface area contributed by atoms with Gasteiger partial charge in [0.15, 0.2) is 6.10 Å². The van der Waals surface area contributed by atoms with E-state index in [9.17, 15) is 9.90 Å². The molecule has 0 radical (unpaired) electrons. The summed E-state index contributed by atoms with van der Waals surface area (Å²) in [7, 11) is -1.37. The summed E-state index contributed by atoms with van der Waals surface area (Å²) in [6.45, 7) is 8.93. The number of aliphatic hydroxyl groups is 1. The van der Waals surface area contributed by atoms with E-state index in [2.05, 4.69) is 45.0 Å². The molecule has 53 heavy (non-hydrogen) atoms. The summed E-state index contributed by atoms with van der Waals surface area (Å²) in [5.41, 5.74) is 1.66. The van der Waals surface area contributed by atoms with Crippen LogP contribution in [-0.2, 0) is 25.2 Å². The highest BCUT2D eigenvalue weighted by Crippen LogP contribution is 2.40. The summed E-state index contributed by atoms with van der Waals surface area (Å²) in [6, 6.07) is 45.3. The first-order valence-corrected chi connectivity index (χ1v) is 20.7. The Kier molecular flexibility index (Phi) is 12.6. The molecule has 9 heteroatoms. The third-order valence-electron chi connectivity index (χ3n) is 9.63. The average Bonchev–Trinajstić information content (AvgIpc) is 3.18. The van der Waals surface area contributed by atoms with E-state index in [0.717, 1.165) is 32.1 Å². The molecule has 0 saturated carbocycles. The van der Waals surface area contributed by atoms with Crippen LogP contribution in [0.4, 0.5) is 0 Å². The number of methoxy groups -OCH3 is 1. The minimum absolute atomic E-state index is 0.0845. The molecule has 0 spiro atoms. The van der Waals surface area contributed by atoms with E-state index in [-0.39, 0.29) is 18.3 Å². The van der Waals surface area contributed by atoms with Crippen molar-refractivity contribution in [2.45, 2.75) is 74.1 Å². The minimum atomic E-state index is -2.99. The van der Waals surface area contributed by atoms with Crippen LogP contribution in [0.15, 0.2) is 144 Å². The summed E-state index contributed by atoms with van der Waals surface area (Å²) < 4.78 is 32.3. The van der Waals surface area contributed by atoms with E-state index >= 15 is 0 Å². The van der Waals surface area contributed by atoms with Gasteiger partial charge in [-0.25, -0.2) is 4.79 Å². The number of carbonyl (C=O) groups excluding carboxylic acids is 1. The highest BCUT2D eigenvalue weighted by atomic mass is 32.2. The molecule has 0 unspecified atom stereocenters. The summed E-state index contributed by atoms with van der Waals surface area (Å²) in [4.78, 5) is 14.6. The maximum Gasteiger partial charge on any atom is 0.338 e. The van der Waals surface area contributed by atoms with Crippen LogP contribution in [0.25, 0.3) is 0 Å². The normalized spacial score (nSPS) is 20.5. The number of benzene rings is 5. The van der Waals surface area contributed by atoms with Crippen molar-refractivity contribution in [3.8, 4) is 5.75 Å². The first kappa shape index (κ1) is 38.5. The Hall–Kier alpha value is -4.22. The van der Waals surface area contributed by atoms with Gasteiger partial charge in [-0.05, 0) is 64.3 Å². The molecular formula is C44H48O7SSi. The maximum atomic E-state index is 13.7. The minimum Gasteiger partial charge on any atom is -0.497 e. The predicted octanol–water partition coefficient (Wildman–Crippen LogP) is 7.57. The summed E-state index contributed by atoms with van der Waals surface area (Å²) >= 11 is 1.44. The average molecular weight is 749 g/mol. The third-order valence-corrected chi connectivity index (χ3v) is 15.8. The number of rotatable bonds is 13. The molecule has 1 N–H and O–H groups in total. The van der Waals surface area contributed by atoms with Gasteiger partial charge in [0.1, 0.15) is 29.5 Å². The van der Waals surface area contributed by atoms with Crippen molar-refractivity contribution in [2.75, 3.05) is 13.7 Å². The Morgan fingerprint density at radius 1 is 0.774 bits per heavy atom. The second-order valence-electron chi connectivity index (χ2n) is 14.3. The molecule has 1 aliphatic heterocycles. The molecule has 7 nitrogen and oxygen atoms in total. The topological polar surface area (TPSA) is 83.5 Å². The number of aryl methyl sites for hydroxylation is 1. The molecule has 1 aliphatic rings. The zero-order valence-electron chi connectivity index (χ0n) is 30.9. The Labute approximate surface area is 318 Å². The predicted molar refractivity (Wildman–Crippen MR) is 212 cm³/mol. The van der Waals surface area contributed by atoms with Gasteiger partial charge in [-0.2, -0.15) is 0 Å². The Balaban J connectivity index is 1.38. The van der Waals surface area contributed by atoms with Gasteiger partial charge in [0.05, 0.1) is 25.9 Å². The fraction of sp³-hybridized carbons (Fsp3) is 0.295. The van der Waals surface area contributed by atoms with Crippen molar-refractivity contribution in [2.24, 2.45) is 0 Å². The molecule has 1 saturated heterocycles. The molecule has 6 rings (SSSR count). The molecule has 0 amide bonds. The summed E-state index contributed by atoms with van der Waals surface area (Å²) in [5, 5.41) is 14.2. The van der Waals surface area contributed by atoms with Crippen molar-refractivity contribution in [3.05, 3.63) is 156 Å². The lowest BCUT2D eigenvalue weighted by atomic mass is 9.99. The number of aliphatic hydroxyl groups excluding tert-OH is 1. The Bertz CT molecular complexity index is 1850. The lowest BCUT2D eigenvalue weighted by Crippen LogP contribution is -2.68. The third kappa shape index (κ3) is 8.95. The molecular weight excluding hydrogens is 701 g/mol. The zero-order valence-corrected chi connectivity index (χ0v) is 32.7. The highest BCUT2D eigenvalue weighted by molar-refractivity contribution is 7.99. The molecule has 1 fully saturated rings. The van der Waals surface area contributed by atoms with E-state index in [1.54, 1.807) is 31.4 Å². The lowest BCUT2D eigenvalue weighted by molar-refractivity contribution is -0.222. The van der Waals surface area contributed by atoms with Crippen LogP contribution < -0.4 is 15.1 Å². The Morgan fingerprint density at radius 3 is 1.89 bits per heavy atom. The monoisotopic (exact) mass is 748 g/mol. The summed E-state index contributed by atoms with van der Waals surface area (Å²) in [6.07, 6.45) is -3.93. The summed E-state index contributed by atoms with van der Waals surface area (Å²) in [5.74, 6) is 0.200. The molecule has 5 aromatic rings. The van der Waals surface area contributed by atoms with Crippen LogP contribution in [0.5, 0.6) is 5.75 Å². The lowest BCUT2D eigenvalue weighted by Gasteiger charge is -2.47. The SMILES string of the molecule is COc1ccc(CO[C@H]2[C@@H](O)[C@@H](CO[Si](c3ccccc3)(c3ccccc3)C(C)(C)C)O[C@@H](Sc3ccc(C)cc3)[C@@H]2OC(=O)c2ccccc2)cc1. The zero-order chi connectivity index (χ0) is 37.4. The number of carbonyl (C=O) groups is 1. The van der Waals surface area contributed by atoms with Crippen LogP contribution in [0, 0.1) is 6.92 Å². The van der Waals surface area contributed by atoms with Crippen molar-refractivity contribution >= 4 is 36.4 Å². The van der Waals surface area contributed by atoms with Crippen molar-refractivity contribution in [1.82, 2.24) is 0 Å². The quantitative estimate of drug-likeness (QED) is 0.0976. The van der Waals surface area contributed by atoms with Gasteiger partial charge in [0.2, 0.25) is 0 Å². The number of thioether (sulfide) groups is 1. The van der Waals surface area contributed by atoms with Crippen LogP contribution in [-0.4, -0.2) is 63.0 Å². The van der Waals surface area contributed by atoms with Gasteiger partial charge in [0.25, 0.3) is 8.32 Å². The molecule has 1 heterocycles. The van der Waals surface area contributed by atoms with Gasteiger partial charge in [-0.3, -0.25) is 0 Å². The van der Waals surface area contributed by atoms with Crippen LogP contribution in [0.2, 0.25) is 5.04 Å². The second-order valence-corrected chi connectivity index (χ2v) is 19.8. The van der Waals surface area contributed by atoms with Crippen molar-refractivity contribution < 1.29 is 33.3 Å². The van der Waals surface area contributed by atoms with Crippen molar-refractivity contribution in [1.29, 1.82) is 0 Å². The molecule has 5 atom stereocenters. The van der Waals surface area contributed by atoms with Gasteiger partial charge in [0, 0.05) is 4.90 Å². The highest BCUT2D eigenvalue weighted by Gasteiger charge is 2.53. The van der Waals surface area contributed by atoms with Gasteiger partial charge in [-0.1, -0.05) is 141 Å². The van der Waals surface area contributed by atoms with E-state index in [1.165, 1.54) is 11.8 Å². The fourth-order valence-corrected chi connectivity index (χ4v) is 12.5. The first-order valence-electron chi connectivity index (χ1n) is 17.9. The number of ether oxygens (including phenoxy) is 4. The van der Waals surface area contributed by atoms with Gasteiger partial charge in [-0.15, -0.1) is 0 Å². The van der Waals surface area contributed by atoms with Crippen LogP contribution >= 0.6 is 11.8 Å². The Morgan fingerprint density at radius 2 is 1.34 bits per heavy atom. The van der Waals surface area contributed by atoms with E-state index < -0.39 is 44.1 Å². The molecule has 0 aliphatic carbocycles. The van der Waals surface area contributed by atoms with Crippen LogP contribution in [0.3, 0.4) is 0 Å². The smallest absolute Gasteiger partial charge is 0.338 e. The molecule has 276 valence electrons. The number of esters is 1. The first-order chi connectivity index (χ1) is 25.6. The van der Waals surface area contributed by atoms with Gasteiger partial charge >= 0.3 is 5.97 Å². The standard InChI is InChI=1S/C44H48O7SSi/c1-31-21-27-35(28-22-31)52-43-41(51-42(46)33-15-9-6-10-16-33)40(48-29-32-23-25-34(47-5)26-24-32)39(45)38(50-43)30-49-53(44(2,3)4,36-17-11-7-12-18-36)37-19-13-8-14-20-37/h6-28,38-41,43,45H,29-30H2,1-5H3/t38-,39+,40+,41-,43+/m1/s1. The largest absolute Gasteiger partial charge is 0.497 e. The molecule has 0 aromatic heterocycles. The van der Waals surface area contributed by atoms with E-state index in [4.69, 9.17) is 23.4 Å². The number of hydrogen-bond acceptors (Lipinski definition) is 8. The van der Waals surface area contributed by atoms with E-state index in [0.29, 0.717) is 5.56 Å². The fourth-order valence-electron chi connectivity index (χ4n) is 6.84. The molecule has 0 bridgehead atoms. The molecule has 5 aromatic carbocycles. The maximum absolute atomic E-state index is 13.7. The second kappa shape index (κ2) is 17.3. The van der Waals surface area contributed by atoms with Crippen LogP contribution in [0.1, 0.15) is 42.3 Å². The van der Waals surface area contributed by atoms with Gasteiger partial charge < -0.3 is 28.5 Å².